The monoisotopic (exact) mass is 369 g/mol. The van der Waals surface area contributed by atoms with Crippen molar-refractivity contribution < 1.29 is 12.9 Å². The highest BCUT2D eigenvalue weighted by molar-refractivity contribution is 7.90. The minimum absolute atomic E-state index is 0.0409. The number of aromatic nitrogens is 2. The lowest BCUT2D eigenvalue weighted by Crippen LogP contribution is -2.12. The van der Waals surface area contributed by atoms with Gasteiger partial charge in [0.2, 0.25) is 11.7 Å². The van der Waals surface area contributed by atoms with Gasteiger partial charge in [0.15, 0.2) is 9.84 Å². The highest BCUT2D eigenvalue weighted by Crippen LogP contribution is 2.25. The van der Waals surface area contributed by atoms with Crippen molar-refractivity contribution in [2.24, 2.45) is 0 Å². The fourth-order valence-electron chi connectivity index (χ4n) is 3.07. The molecule has 134 valence electrons. The van der Waals surface area contributed by atoms with Crippen molar-refractivity contribution in [3.8, 4) is 11.4 Å². The van der Waals surface area contributed by atoms with Crippen LogP contribution < -0.4 is 5.32 Å². The van der Waals surface area contributed by atoms with E-state index in [0.29, 0.717) is 16.6 Å². The van der Waals surface area contributed by atoms with E-state index < -0.39 is 9.84 Å². The van der Waals surface area contributed by atoms with Gasteiger partial charge in [0, 0.05) is 5.56 Å². The molecule has 6 nitrogen and oxygen atoms in total. The molecule has 4 rings (SSSR count). The predicted molar refractivity (Wildman–Crippen MR) is 97.0 cm³/mol. The van der Waals surface area contributed by atoms with E-state index in [1.807, 2.05) is 12.1 Å². The summed E-state index contributed by atoms with van der Waals surface area (Å²) < 4.78 is 30.3. The van der Waals surface area contributed by atoms with Crippen molar-refractivity contribution in [2.45, 2.75) is 29.5 Å². The fourth-order valence-corrected chi connectivity index (χ4v) is 4.44. The topological polar surface area (TPSA) is 85.1 Å². The van der Waals surface area contributed by atoms with Gasteiger partial charge in [-0.2, -0.15) is 4.98 Å². The SMILES string of the molecule is O=S(=O)(Cc1ccc(-c2noc([C@@H]3CCCN3)n2)cc1)c1ccccc1. The average Bonchev–Trinajstić information content (AvgIpc) is 3.34. The summed E-state index contributed by atoms with van der Waals surface area (Å²) in [4.78, 5) is 4.79. The van der Waals surface area contributed by atoms with Crippen LogP contribution in [0.1, 0.15) is 30.3 Å². The minimum Gasteiger partial charge on any atom is -0.337 e. The molecule has 1 N–H and O–H groups in total. The van der Waals surface area contributed by atoms with Crippen molar-refractivity contribution in [2.75, 3.05) is 6.54 Å². The maximum Gasteiger partial charge on any atom is 0.244 e. The zero-order valence-corrected chi connectivity index (χ0v) is 14.9. The van der Waals surface area contributed by atoms with E-state index in [1.54, 1.807) is 42.5 Å². The summed E-state index contributed by atoms with van der Waals surface area (Å²) in [6.45, 7) is 0.965. The molecule has 1 saturated heterocycles. The van der Waals surface area contributed by atoms with Crippen LogP contribution in [0.3, 0.4) is 0 Å². The fraction of sp³-hybridized carbons (Fsp3) is 0.263. The Labute approximate surface area is 152 Å². The van der Waals surface area contributed by atoms with E-state index in [2.05, 4.69) is 15.5 Å². The minimum atomic E-state index is -3.36. The van der Waals surface area contributed by atoms with E-state index in [4.69, 9.17) is 4.52 Å². The number of benzene rings is 2. The summed E-state index contributed by atoms with van der Waals surface area (Å²) in [5.74, 6) is 1.08. The number of hydrogen-bond donors (Lipinski definition) is 1. The molecular weight excluding hydrogens is 350 g/mol. The van der Waals surface area contributed by atoms with Gasteiger partial charge in [0.1, 0.15) is 0 Å². The summed E-state index contributed by atoms with van der Waals surface area (Å²) in [6, 6.07) is 15.8. The molecule has 0 saturated carbocycles. The highest BCUT2D eigenvalue weighted by Gasteiger charge is 2.22. The zero-order valence-electron chi connectivity index (χ0n) is 14.1. The van der Waals surface area contributed by atoms with Gasteiger partial charge in [-0.05, 0) is 37.1 Å². The Bertz CT molecular complexity index is 976. The molecule has 0 unspecified atom stereocenters. The Balaban J connectivity index is 1.50. The van der Waals surface area contributed by atoms with E-state index in [1.165, 1.54) is 0 Å². The molecule has 1 aliphatic rings. The molecule has 2 aromatic carbocycles. The molecule has 2 heterocycles. The zero-order chi connectivity index (χ0) is 18.0. The van der Waals surface area contributed by atoms with Crippen LogP contribution in [0.4, 0.5) is 0 Å². The largest absolute Gasteiger partial charge is 0.337 e. The third-order valence-electron chi connectivity index (χ3n) is 4.47. The van der Waals surface area contributed by atoms with Crippen LogP contribution in [-0.2, 0) is 15.6 Å². The van der Waals surface area contributed by atoms with E-state index in [-0.39, 0.29) is 11.8 Å². The van der Waals surface area contributed by atoms with E-state index >= 15 is 0 Å². The molecule has 0 spiro atoms. The molecule has 1 fully saturated rings. The third kappa shape index (κ3) is 3.54. The number of hydrogen-bond acceptors (Lipinski definition) is 6. The predicted octanol–water partition coefficient (Wildman–Crippen LogP) is 3.14. The summed E-state index contributed by atoms with van der Waals surface area (Å²) in [5.41, 5.74) is 1.53. The second kappa shape index (κ2) is 7.01. The van der Waals surface area contributed by atoms with Crippen molar-refractivity contribution in [1.29, 1.82) is 0 Å². The van der Waals surface area contributed by atoms with E-state index in [9.17, 15) is 8.42 Å². The second-order valence-corrected chi connectivity index (χ2v) is 8.36. The van der Waals surface area contributed by atoms with Crippen LogP contribution >= 0.6 is 0 Å². The third-order valence-corrected chi connectivity index (χ3v) is 6.18. The number of nitrogens with zero attached hydrogens (tertiary/aromatic N) is 2. The van der Waals surface area contributed by atoms with Crippen molar-refractivity contribution in [3.05, 3.63) is 66.1 Å². The second-order valence-electron chi connectivity index (χ2n) is 6.37. The van der Waals surface area contributed by atoms with Crippen LogP contribution in [0.2, 0.25) is 0 Å². The maximum atomic E-state index is 12.5. The van der Waals surface area contributed by atoms with Crippen LogP contribution in [0.25, 0.3) is 11.4 Å². The smallest absolute Gasteiger partial charge is 0.244 e. The summed E-state index contributed by atoms with van der Waals surface area (Å²) in [5, 5.41) is 7.36. The first-order valence-electron chi connectivity index (χ1n) is 8.56. The molecule has 0 radical (unpaired) electrons. The van der Waals surface area contributed by atoms with Crippen LogP contribution in [0.15, 0.2) is 64.0 Å². The van der Waals surface area contributed by atoms with Crippen LogP contribution in [0, 0.1) is 0 Å². The van der Waals surface area contributed by atoms with Gasteiger partial charge in [-0.3, -0.25) is 0 Å². The standard InChI is InChI=1S/C19H19N3O3S/c23-26(24,16-5-2-1-3-6-16)13-14-8-10-15(11-9-14)18-21-19(25-22-18)17-7-4-12-20-17/h1-3,5-6,8-11,17,20H,4,7,12-13H2/t17-/m0/s1. The van der Waals surface area contributed by atoms with E-state index in [0.717, 1.165) is 30.5 Å². The quantitative estimate of drug-likeness (QED) is 0.744. The molecule has 0 aliphatic carbocycles. The normalized spacial score (nSPS) is 17.5. The Kier molecular flexibility index (Phi) is 4.57. The molecule has 1 aromatic heterocycles. The first-order valence-corrected chi connectivity index (χ1v) is 10.2. The lowest BCUT2D eigenvalue weighted by Gasteiger charge is -2.05. The van der Waals surface area contributed by atoms with Crippen LogP contribution in [0.5, 0.6) is 0 Å². The summed E-state index contributed by atoms with van der Waals surface area (Å²) >= 11 is 0. The molecule has 26 heavy (non-hydrogen) atoms. The maximum absolute atomic E-state index is 12.5. The van der Waals surface area contributed by atoms with Gasteiger partial charge >= 0.3 is 0 Å². The molecule has 7 heteroatoms. The Morgan fingerprint density at radius 1 is 1.08 bits per heavy atom. The molecule has 0 bridgehead atoms. The van der Waals surface area contributed by atoms with Gasteiger partial charge in [-0.1, -0.05) is 47.6 Å². The first kappa shape index (κ1) is 16.9. The van der Waals surface area contributed by atoms with Gasteiger partial charge in [0.05, 0.1) is 16.7 Å². The number of sulfone groups is 1. The molecule has 1 aliphatic heterocycles. The average molecular weight is 369 g/mol. The summed E-state index contributed by atoms with van der Waals surface area (Å²) in [6.07, 6.45) is 2.10. The molecular formula is C19H19N3O3S. The van der Waals surface area contributed by atoms with Gasteiger partial charge in [-0.15, -0.1) is 0 Å². The van der Waals surface area contributed by atoms with Gasteiger partial charge < -0.3 is 9.84 Å². The molecule has 3 aromatic rings. The molecule has 0 amide bonds. The Hall–Kier alpha value is -2.51. The Morgan fingerprint density at radius 3 is 2.54 bits per heavy atom. The number of rotatable bonds is 5. The van der Waals surface area contributed by atoms with Crippen LogP contribution in [-0.4, -0.2) is 25.1 Å². The number of nitrogens with one attached hydrogen (secondary N) is 1. The lowest BCUT2D eigenvalue weighted by molar-refractivity contribution is 0.345. The van der Waals surface area contributed by atoms with Gasteiger partial charge in [-0.25, -0.2) is 8.42 Å². The highest BCUT2D eigenvalue weighted by atomic mass is 32.2. The first-order chi connectivity index (χ1) is 12.6. The lowest BCUT2D eigenvalue weighted by atomic mass is 10.1. The van der Waals surface area contributed by atoms with Crippen molar-refractivity contribution >= 4 is 9.84 Å². The van der Waals surface area contributed by atoms with Gasteiger partial charge in [0.25, 0.3) is 0 Å². The Morgan fingerprint density at radius 2 is 1.85 bits per heavy atom. The summed E-state index contributed by atoms with van der Waals surface area (Å²) in [7, 11) is -3.36. The van der Waals surface area contributed by atoms with Crippen molar-refractivity contribution in [3.63, 3.8) is 0 Å². The molecule has 1 atom stereocenters. The van der Waals surface area contributed by atoms with Crippen molar-refractivity contribution in [1.82, 2.24) is 15.5 Å².